The molecule has 0 amide bonds. The highest BCUT2D eigenvalue weighted by atomic mass is 16.1. The van der Waals surface area contributed by atoms with Crippen LogP contribution in [0.25, 0.3) is 0 Å². The molecule has 9 heavy (non-hydrogen) atoms. The monoisotopic (exact) mass is 127 g/mol. The third kappa shape index (κ3) is 3.28. The summed E-state index contributed by atoms with van der Waals surface area (Å²) in [5, 5.41) is 0. The zero-order valence-corrected chi connectivity index (χ0v) is 6.48. The average Bonchev–Trinajstić information content (AvgIpc) is 1.87. The molecule has 1 nitrogen and oxygen atoms in total. The summed E-state index contributed by atoms with van der Waals surface area (Å²) in [6.07, 6.45) is 3.68. The summed E-state index contributed by atoms with van der Waals surface area (Å²) >= 11 is 0. The molecule has 0 aromatic heterocycles. The molecule has 0 aromatic rings. The second-order valence-electron chi connectivity index (χ2n) is 2.71. The van der Waals surface area contributed by atoms with Crippen LogP contribution >= 0.6 is 0 Å². The highest BCUT2D eigenvalue weighted by Crippen LogP contribution is 2.16. The molecule has 53 valence electrons. The van der Waals surface area contributed by atoms with Gasteiger partial charge in [-0.3, -0.25) is 4.79 Å². The minimum atomic E-state index is 0.507. The van der Waals surface area contributed by atoms with Gasteiger partial charge in [0.15, 0.2) is 6.29 Å². The topological polar surface area (TPSA) is 17.1 Å². The highest BCUT2D eigenvalue weighted by Gasteiger charge is 2.08. The molecule has 0 saturated heterocycles. The maximum absolute atomic E-state index is 9.91. The molecular formula is C8H15O. The van der Waals surface area contributed by atoms with Crippen molar-refractivity contribution < 1.29 is 4.79 Å². The van der Waals surface area contributed by atoms with Crippen LogP contribution in [0.1, 0.15) is 33.6 Å². The fraction of sp³-hybridized carbons (Fsp3) is 0.875. The van der Waals surface area contributed by atoms with E-state index in [1.165, 1.54) is 0 Å². The van der Waals surface area contributed by atoms with E-state index in [-0.39, 0.29) is 0 Å². The second-order valence-corrected chi connectivity index (χ2v) is 2.71. The molecule has 2 atom stereocenters. The third-order valence-corrected chi connectivity index (χ3v) is 2.02. The quantitative estimate of drug-likeness (QED) is 0.565. The van der Waals surface area contributed by atoms with Gasteiger partial charge in [-0.05, 0) is 11.8 Å². The van der Waals surface area contributed by atoms with Crippen molar-refractivity contribution >= 4 is 6.29 Å². The zero-order valence-electron chi connectivity index (χ0n) is 6.48. The summed E-state index contributed by atoms with van der Waals surface area (Å²) in [6, 6.07) is 0. The third-order valence-electron chi connectivity index (χ3n) is 2.02. The maximum atomic E-state index is 9.91. The fourth-order valence-corrected chi connectivity index (χ4v) is 0.735. The van der Waals surface area contributed by atoms with Gasteiger partial charge in [-0.2, -0.15) is 0 Å². The number of carbonyl (C=O) groups excluding carboxylic acids is 1. The maximum Gasteiger partial charge on any atom is 0.198 e. The first-order chi connectivity index (χ1) is 4.22. The van der Waals surface area contributed by atoms with Crippen LogP contribution in [0.3, 0.4) is 0 Å². The summed E-state index contributed by atoms with van der Waals surface area (Å²) in [4.78, 5) is 9.91. The van der Waals surface area contributed by atoms with E-state index in [2.05, 4.69) is 20.8 Å². The van der Waals surface area contributed by atoms with E-state index >= 15 is 0 Å². The van der Waals surface area contributed by atoms with E-state index in [1.807, 2.05) is 6.29 Å². The highest BCUT2D eigenvalue weighted by molar-refractivity contribution is 5.50. The number of rotatable bonds is 4. The summed E-state index contributed by atoms with van der Waals surface area (Å²) in [5.41, 5.74) is 0. The van der Waals surface area contributed by atoms with Crippen LogP contribution in [-0.2, 0) is 4.79 Å². The van der Waals surface area contributed by atoms with Gasteiger partial charge in [-0.1, -0.05) is 27.2 Å². The van der Waals surface area contributed by atoms with Crippen molar-refractivity contribution in [3.05, 3.63) is 0 Å². The van der Waals surface area contributed by atoms with Crippen LogP contribution in [0.4, 0.5) is 0 Å². The van der Waals surface area contributed by atoms with Crippen LogP contribution in [-0.4, -0.2) is 6.29 Å². The van der Waals surface area contributed by atoms with Crippen LogP contribution < -0.4 is 0 Å². The summed E-state index contributed by atoms with van der Waals surface area (Å²) < 4.78 is 0. The Bertz CT molecular complexity index is 78.6. The van der Waals surface area contributed by atoms with Gasteiger partial charge in [0.2, 0.25) is 0 Å². The lowest BCUT2D eigenvalue weighted by atomic mass is 9.91. The molecule has 0 aliphatic rings. The van der Waals surface area contributed by atoms with Gasteiger partial charge >= 0.3 is 0 Å². The second kappa shape index (κ2) is 4.54. The van der Waals surface area contributed by atoms with Gasteiger partial charge in [0.25, 0.3) is 0 Å². The van der Waals surface area contributed by atoms with Crippen molar-refractivity contribution in [3.8, 4) is 0 Å². The Balaban J connectivity index is 3.44. The lowest BCUT2D eigenvalue weighted by molar-refractivity contribution is 0.381. The zero-order chi connectivity index (χ0) is 7.28. The molecule has 0 heterocycles. The van der Waals surface area contributed by atoms with Crippen LogP contribution in [0.2, 0.25) is 0 Å². The first-order valence-electron chi connectivity index (χ1n) is 3.57. The molecule has 0 rings (SSSR count). The van der Waals surface area contributed by atoms with E-state index in [0.717, 1.165) is 6.42 Å². The SMILES string of the molecule is CCC(C)C(C)C[C]=O. The first kappa shape index (κ1) is 8.67. The molecule has 0 aliphatic carbocycles. The molecule has 0 fully saturated rings. The van der Waals surface area contributed by atoms with Gasteiger partial charge < -0.3 is 0 Å². The molecule has 0 aliphatic heterocycles. The Morgan fingerprint density at radius 3 is 2.22 bits per heavy atom. The fourth-order valence-electron chi connectivity index (χ4n) is 0.735. The summed E-state index contributed by atoms with van der Waals surface area (Å²) in [6.45, 7) is 6.41. The normalized spacial score (nSPS) is 16.8. The molecular weight excluding hydrogens is 112 g/mol. The van der Waals surface area contributed by atoms with E-state index in [4.69, 9.17) is 0 Å². The lowest BCUT2D eigenvalue weighted by Crippen LogP contribution is -2.06. The predicted molar refractivity (Wildman–Crippen MR) is 38.9 cm³/mol. The Hall–Kier alpha value is -0.330. The molecule has 0 N–H and O–H groups in total. The Morgan fingerprint density at radius 2 is 1.89 bits per heavy atom. The molecule has 0 aromatic carbocycles. The number of hydrogen-bond acceptors (Lipinski definition) is 1. The lowest BCUT2D eigenvalue weighted by Gasteiger charge is -2.13. The van der Waals surface area contributed by atoms with Crippen molar-refractivity contribution in [3.63, 3.8) is 0 Å². The predicted octanol–water partition coefficient (Wildman–Crippen LogP) is 2.17. The minimum Gasteiger partial charge on any atom is -0.291 e. The van der Waals surface area contributed by atoms with Gasteiger partial charge in [0.1, 0.15) is 0 Å². The molecule has 0 bridgehead atoms. The Morgan fingerprint density at radius 1 is 1.33 bits per heavy atom. The Kier molecular flexibility index (Phi) is 4.37. The molecule has 0 spiro atoms. The van der Waals surface area contributed by atoms with E-state index in [9.17, 15) is 4.79 Å². The molecule has 1 radical (unpaired) electrons. The summed E-state index contributed by atoms with van der Waals surface area (Å²) in [5.74, 6) is 1.17. The average molecular weight is 127 g/mol. The van der Waals surface area contributed by atoms with Gasteiger partial charge in [0, 0.05) is 6.42 Å². The van der Waals surface area contributed by atoms with Crippen LogP contribution in [0.5, 0.6) is 0 Å². The molecule has 0 saturated carbocycles. The van der Waals surface area contributed by atoms with Crippen molar-refractivity contribution in [1.82, 2.24) is 0 Å². The van der Waals surface area contributed by atoms with Crippen molar-refractivity contribution in [2.75, 3.05) is 0 Å². The van der Waals surface area contributed by atoms with Crippen molar-refractivity contribution in [2.45, 2.75) is 33.6 Å². The van der Waals surface area contributed by atoms with Gasteiger partial charge in [-0.25, -0.2) is 0 Å². The minimum absolute atomic E-state index is 0.507. The Labute approximate surface area is 57.5 Å². The van der Waals surface area contributed by atoms with Gasteiger partial charge in [-0.15, -0.1) is 0 Å². The standard InChI is InChI=1S/C8H15O/c1-4-7(2)8(3)5-6-9/h7-8H,4-5H2,1-3H3. The van der Waals surface area contributed by atoms with Crippen molar-refractivity contribution in [2.24, 2.45) is 11.8 Å². The van der Waals surface area contributed by atoms with Crippen LogP contribution in [0, 0.1) is 11.8 Å². The van der Waals surface area contributed by atoms with Crippen molar-refractivity contribution in [1.29, 1.82) is 0 Å². The first-order valence-corrected chi connectivity index (χ1v) is 3.57. The van der Waals surface area contributed by atoms with Gasteiger partial charge in [0.05, 0.1) is 0 Å². The summed E-state index contributed by atoms with van der Waals surface area (Å²) in [7, 11) is 0. The smallest absolute Gasteiger partial charge is 0.198 e. The van der Waals surface area contributed by atoms with E-state index < -0.39 is 0 Å². The number of hydrogen-bond donors (Lipinski definition) is 0. The largest absolute Gasteiger partial charge is 0.291 e. The molecule has 2 unspecified atom stereocenters. The molecule has 1 heteroatoms. The van der Waals surface area contributed by atoms with E-state index in [0.29, 0.717) is 18.3 Å². The van der Waals surface area contributed by atoms with Crippen LogP contribution in [0.15, 0.2) is 0 Å². The van der Waals surface area contributed by atoms with E-state index in [1.54, 1.807) is 0 Å².